The molecule has 2 bridgehead atoms. The Balaban J connectivity index is 2.33. The first-order valence-corrected chi connectivity index (χ1v) is 4.89. The second kappa shape index (κ2) is 2.75. The number of ether oxygens (including phenoxy) is 1. The second-order valence-electron chi connectivity index (χ2n) is 4.54. The molecule has 0 heterocycles. The molecule has 3 fully saturated rings. The summed E-state index contributed by atoms with van der Waals surface area (Å²) in [7, 11) is 1.48. The maximum atomic E-state index is 13.7. The van der Waals surface area contributed by atoms with Crippen LogP contribution in [0.15, 0.2) is 0 Å². The zero-order chi connectivity index (χ0) is 10.4. The molecule has 0 aromatic carbocycles. The summed E-state index contributed by atoms with van der Waals surface area (Å²) in [4.78, 5) is 10.8. The van der Waals surface area contributed by atoms with E-state index < -0.39 is 16.9 Å². The molecule has 4 heteroatoms. The molecule has 3 saturated carbocycles. The van der Waals surface area contributed by atoms with E-state index in [4.69, 9.17) is 4.74 Å². The number of methoxy groups -OCH3 is 1. The summed E-state index contributed by atoms with van der Waals surface area (Å²) in [6.07, 6.45) is 1.85. The average molecular weight is 204 g/mol. The molecule has 0 radical (unpaired) electrons. The number of alkyl halides is 2. The monoisotopic (exact) mass is 204 g/mol. The molecule has 0 saturated heterocycles. The lowest BCUT2D eigenvalue weighted by Crippen LogP contribution is -2.59. The van der Waals surface area contributed by atoms with Crippen molar-refractivity contribution < 1.29 is 18.3 Å². The van der Waals surface area contributed by atoms with Gasteiger partial charge in [0.15, 0.2) is 0 Å². The second-order valence-corrected chi connectivity index (χ2v) is 4.54. The van der Waals surface area contributed by atoms with Crippen LogP contribution in [-0.4, -0.2) is 24.9 Å². The molecule has 0 spiro atoms. The number of carbonyl (C=O) groups excluding carboxylic acids is 1. The van der Waals surface area contributed by atoms with Crippen molar-refractivity contribution in [3.8, 4) is 0 Å². The van der Waals surface area contributed by atoms with E-state index in [1.54, 1.807) is 0 Å². The van der Waals surface area contributed by atoms with Crippen LogP contribution in [0.3, 0.4) is 0 Å². The highest BCUT2D eigenvalue weighted by Gasteiger charge is 2.65. The Morgan fingerprint density at radius 2 is 1.79 bits per heavy atom. The topological polar surface area (TPSA) is 26.3 Å². The van der Waals surface area contributed by atoms with Gasteiger partial charge in [-0.1, -0.05) is 0 Å². The van der Waals surface area contributed by atoms with Crippen molar-refractivity contribution in [1.82, 2.24) is 0 Å². The average Bonchev–Trinajstić information content (AvgIpc) is 2.18. The van der Waals surface area contributed by atoms with E-state index in [2.05, 4.69) is 0 Å². The lowest BCUT2D eigenvalue weighted by molar-refractivity contribution is -0.238. The van der Waals surface area contributed by atoms with Crippen LogP contribution in [0.25, 0.3) is 0 Å². The summed E-state index contributed by atoms with van der Waals surface area (Å²) in [5.41, 5.74) is -2.07. The van der Waals surface area contributed by atoms with Crippen molar-refractivity contribution in [2.75, 3.05) is 7.11 Å². The molecule has 14 heavy (non-hydrogen) atoms. The molecule has 3 aliphatic rings. The van der Waals surface area contributed by atoms with Crippen molar-refractivity contribution >= 4 is 6.29 Å². The van der Waals surface area contributed by atoms with Crippen molar-refractivity contribution in [2.24, 2.45) is 5.41 Å². The first kappa shape index (κ1) is 10.0. The normalized spacial score (nSPS) is 45.1. The minimum Gasteiger partial charge on any atom is -0.378 e. The quantitative estimate of drug-likeness (QED) is 0.644. The number of hydrogen-bond acceptors (Lipinski definition) is 2. The third kappa shape index (κ3) is 1.06. The Morgan fingerprint density at radius 3 is 2.14 bits per heavy atom. The zero-order valence-corrected chi connectivity index (χ0v) is 8.19. The highest BCUT2D eigenvalue weighted by Crippen LogP contribution is 2.60. The van der Waals surface area contributed by atoms with Crippen LogP contribution in [0.5, 0.6) is 0 Å². The van der Waals surface area contributed by atoms with Crippen LogP contribution in [0.2, 0.25) is 0 Å². The molecule has 0 aliphatic heterocycles. The molecule has 80 valence electrons. The standard InChI is InChI=1S/C10H14F2O2/c1-14-9-4-2-8(7-13,3-5-9)10(11,12)6-9/h7H,2-6H2,1H3. The number of halogens is 2. The number of hydrogen-bond donors (Lipinski definition) is 0. The van der Waals surface area contributed by atoms with Gasteiger partial charge in [0.1, 0.15) is 6.29 Å². The smallest absolute Gasteiger partial charge is 0.262 e. The molecular weight excluding hydrogens is 190 g/mol. The van der Waals surface area contributed by atoms with Crippen LogP contribution >= 0.6 is 0 Å². The van der Waals surface area contributed by atoms with Gasteiger partial charge in [0.2, 0.25) is 0 Å². The Kier molecular flexibility index (Phi) is 1.97. The minimum atomic E-state index is -2.89. The van der Waals surface area contributed by atoms with Gasteiger partial charge in [-0.3, -0.25) is 0 Å². The molecule has 0 N–H and O–H groups in total. The SMILES string of the molecule is COC12CCC(C=O)(CC1)C(F)(F)C2. The van der Waals surface area contributed by atoms with Crippen LogP contribution in [0.1, 0.15) is 32.1 Å². The minimum absolute atomic E-state index is 0.261. The molecular formula is C10H14F2O2. The summed E-state index contributed by atoms with van der Waals surface area (Å²) in [6.45, 7) is 0. The van der Waals surface area contributed by atoms with E-state index >= 15 is 0 Å². The van der Waals surface area contributed by atoms with Gasteiger partial charge in [0.25, 0.3) is 5.92 Å². The van der Waals surface area contributed by atoms with Gasteiger partial charge < -0.3 is 9.53 Å². The van der Waals surface area contributed by atoms with Crippen molar-refractivity contribution in [3.63, 3.8) is 0 Å². The van der Waals surface area contributed by atoms with E-state index in [-0.39, 0.29) is 19.3 Å². The van der Waals surface area contributed by atoms with Gasteiger partial charge in [-0.15, -0.1) is 0 Å². The van der Waals surface area contributed by atoms with Gasteiger partial charge in [-0.05, 0) is 25.7 Å². The van der Waals surface area contributed by atoms with Gasteiger partial charge in [0.05, 0.1) is 11.0 Å². The molecule has 0 aromatic rings. The fourth-order valence-corrected chi connectivity index (χ4v) is 2.76. The molecule has 3 rings (SSSR count). The summed E-state index contributed by atoms with van der Waals surface area (Å²) in [5, 5.41) is 0. The number of aldehydes is 1. The summed E-state index contributed by atoms with van der Waals surface area (Å²) >= 11 is 0. The fourth-order valence-electron chi connectivity index (χ4n) is 2.76. The Morgan fingerprint density at radius 1 is 1.21 bits per heavy atom. The van der Waals surface area contributed by atoms with Crippen LogP contribution in [0.4, 0.5) is 8.78 Å². The predicted molar refractivity (Wildman–Crippen MR) is 46.3 cm³/mol. The zero-order valence-electron chi connectivity index (χ0n) is 8.19. The van der Waals surface area contributed by atoms with Crippen LogP contribution in [-0.2, 0) is 9.53 Å². The molecule has 0 atom stereocenters. The van der Waals surface area contributed by atoms with E-state index in [0.29, 0.717) is 19.1 Å². The predicted octanol–water partition coefficient (Wildman–Crippen LogP) is 2.17. The van der Waals surface area contributed by atoms with E-state index in [9.17, 15) is 13.6 Å². The Bertz CT molecular complexity index is 255. The number of rotatable bonds is 2. The van der Waals surface area contributed by atoms with Crippen LogP contribution < -0.4 is 0 Å². The van der Waals surface area contributed by atoms with Gasteiger partial charge >= 0.3 is 0 Å². The van der Waals surface area contributed by atoms with E-state index in [1.165, 1.54) is 7.11 Å². The number of carbonyl (C=O) groups is 1. The molecule has 0 aromatic heterocycles. The maximum absolute atomic E-state index is 13.7. The molecule has 0 amide bonds. The summed E-state index contributed by atoms with van der Waals surface area (Å²) in [5.74, 6) is -2.89. The largest absolute Gasteiger partial charge is 0.378 e. The Hall–Kier alpha value is -0.510. The first-order chi connectivity index (χ1) is 6.49. The first-order valence-electron chi connectivity index (χ1n) is 4.89. The number of fused-ring (bicyclic) bond motifs is 3. The van der Waals surface area contributed by atoms with E-state index in [1.807, 2.05) is 0 Å². The highest BCUT2D eigenvalue weighted by molar-refractivity contribution is 5.62. The lowest BCUT2D eigenvalue weighted by Gasteiger charge is -2.54. The van der Waals surface area contributed by atoms with Gasteiger partial charge in [0, 0.05) is 13.5 Å². The van der Waals surface area contributed by atoms with Crippen molar-refractivity contribution in [2.45, 2.75) is 43.6 Å². The molecule has 0 unspecified atom stereocenters. The lowest BCUT2D eigenvalue weighted by atomic mass is 9.57. The molecule has 3 aliphatic carbocycles. The third-order valence-electron chi connectivity index (χ3n) is 3.98. The fraction of sp³-hybridized carbons (Fsp3) is 0.900. The summed E-state index contributed by atoms with van der Waals surface area (Å²) < 4.78 is 32.5. The van der Waals surface area contributed by atoms with Crippen molar-refractivity contribution in [3.05, 3.63) is 0 Å². The third-order valence-corrected chi connectivity index (χ3v) is 3.98. The maximum Gasteiger partial charge on any atom is 0.262 e. The van der Waals surface area contributed by atoms with Gasteiger partial charge in [-0.25, -0.2) is 8.78 Å². The van der Waals surface area contributed by atoms with Gasteiger partial charge in [-0.2, -0.15) is 0 Å². The van der Waals surface area contributed by atoms with Crippen molar-refractivity contribution in [1.29, 1.82) is 0 Å². The van der Waals surface area contributed by atoms with E-state index in [0.717, 1.165) is 0 Å². The summed E-state index contributed by atoms with van der Waals surface area (Å²) in [6, 6.07) is 0. The van der Waals surface area contributed by atoms with Crippen LogP contribution in [0, 0.1) is 5.41 Å². The Labute approximate surface area is 81.6 Å². The highest BCUT2D eigenvalue weighted by atomic mass is 19.3. The molecule has 2 nitrogen and oxygen atoms in total.